The molecule has 0 aliphatic carbocycles. The third-order valence-electron chi connectivity index (χ3n) is 3.86. The van der Waals surface area contributed by atoms with E-state index in [9.17, 15) is 4.79 Å². The largest absolute Gasteiger partial charge is 0.383 e. The average Bonchev–Trinajstić information content (AvgIpc) is 2.62. The summed E-state index contributed by atoms with van der Waals surface area (Å²) in [6.07, 6.45) is 5.19. The Bertz CT molecular complexity index is 664. The molecule has 0 saturated heterocycles. The fraction of sp³-hybridized carbons (Fsp3) is 0.368. The summed E-state index contributed by atoms with van der Waals surface area (Å²) >= 11 is 0. The van der Waals surface area contributed by atoms with Crippen LogP contribution >= 0.6 is 0 Å². The fourth-order valence-corrected chi connectivity index (χ4v) is 2.55. The molecule has 0 aliphatic heterocycles. The Morgan fingerprint density at radius 3 is 2.50 bits per heavy atom. The second kappa shape index (κ2) is 9.03. The lowest BCUT2D eigenvalue weighted by Crippen LogP contribution is -2.27. The number of ether oxygens (including phenoxy) is 1. The van der Waals surface area contributed by atoms with Crippen LogP contribution in [0.1, 0.15) is 35.3 Å². The van der Waals surface area contributed by atoms with Gasteiger partial charge in [-0.25, -0.2) is 0 Å². The Morgan fingerprint density at radius 2 is 1.88 bits per heavy atom. The highest BCUT2D eigenvalue weighted by Crippen LogP contribution is 2.26. The van der Waals surface area contributed by atoms with Crippen molar-refractivity contribution < 1.29 is 9.53 Å². The molecule has 0 unspecified atom stereocenters. The standard InChI is InChI=1S/C19H25N3O2/c1-4-14-7-6-8-15(5-2)18(14)22-17-11-16(12-20-13-17)19(23)21-9-10-24-3/h6-8,11-13,22H,4-5,9-10H2,1-3H3,(H,21,23). The summed E-state index contributed by atoms with van der Waals surface area (Å²) in [4.78, 5) is 16.3. The summed E-state index contributed by atoms with van der Waals surface area (Å²) in [5.41, 5.74) is 4.96. The summed E-state index contributed by atoms with van der Waals surface area (Å²) in [5, 5.41) is 6.24. The number of anilines is 2. The van der Waals surface area contributed by atoms with Gasteiger partial charge in [0.1, 0.15) is 0 Å². The minimum atomic E-state index is -0.150. The number of carbonyl (C=O) groups is 1. The van der Waals surface area contributed by atoms with Crippen molar-refractivity contribution in [1.29, 1.82) is 0 Å². The quantitative estimate of drug-likeness (QED) is 0.730. The van der Waals surface area contributed by atoms with E-state index in [1.54, 1.807) is 19.5 Å². The van der Waals surface area contributed by atoms with Crippen molar-refractivity contribution in [1.82, 2.24) is 10.3 Å². The minimum absolute atomic E-state index is 0.150. The summed E-state index contributed by atoms with van der Waals surface area (Å²) in [5.74, 6) is -0.150. The molecule has 2 rings (SSSR count). The molecule has 1 aromatic carbocycles. The summed E-state index contributed by atoms with van der Waals surface area (Å²) in [7, 11) is 1.61. The molecule has 2 aromatic rings. The van der Waals surface area contributed by atoms with Crippen molar-refractivity contribution in [2.75, 3.05) is 25.6 Å². The number of para-hydroxylation sites is 1. The zero-order valence-electron chi connectivity index (χ0n) is 14.6. The van der Waals surface area contributed by atoms with Crippen molar-refractivity contribution in [3.05, 3.63) is 53.3 Å². The molecule has 1 aromatic heterocycles. The predicted octanol–water partition coefficient (Wildman–Crippen LogP) is 3.33. The van der Waals surface area contributed by atoms with E-state index in [-0.39, 0.29) is 5.91 Å². The number of aromatic nitrogens is 1. The van der Waals surface area contributed by atoms with E-state index in [1.165, 1.54) is 11.1 Å². The highest BCUT2D eigenvalue weighted by atomic mass is 16.5. The molecule has 5 heteroatoms. The Labute approximate surface area is 143 Å². The first-order chi connectivity index (χ1) is 11.7. The number of methoxy groups -OCH3 is 1. The molecule has 0 fully saturated rings. The fourth-order valence-electron chi connectivity index (χ4n) is 2.55. The summed E-state index contributed by atoms with van der Waals surface area (Å²) in [6, 6.07) is 8.15. The first-order valence-electron chi connectivity index (χ1n) is 8.29. The summed E-state index contributed by atoms with van der Waals surface area (Å²) < 4.78 is 4.94. The van der Waals surface area contributed by atoms with Crippen LogP contribution in [0.15, 0.2) is 36.7 Å². The van der Waals surface area contributed by atoms with E-state index in [0.717, 1.165) is 24.2 Å². The number of nitrogens with one attached hydrogen (secondary N) is 2. The van der Waals surface area contributed by atoms with Crippen LogP contribution in [0.4, 0.5) is 11.4 Å². The van der Waals surface area contributed by atoms with Gasteiger partial charge in [-0.15, -0.1) is 0 Å². The molecule has 0 radical (unpaired) electrons. The zero-order chi connectivity index (χ0) is 17.4. The number of rotatable bonds is 8. The van der Waals surface area contributed by atoms with Crippen LogP contribution in [-0.2, 0) is 17.6 Å². The van der Waals surface area contributed by atoms with E-state index >= 15 is 0 Å². The van der Waals surface area contributed by atoms with Gasteiger partial charge in [-0.3, -0.25) is 9.78 Å². The van der Waals surface area contributed by atoms with E-state index in [2.05, 4.69) is 47.7 Å². The maximum absolute atomic E-state index is 12.1. The molecule has 0 atom stereocenters. The van der Waals surface area contributed by atoms with Crippen molar-refractivity contribution in [2.45, 2.75) is 26.7 Å². The SMILES string of the molecule is CCc1cccc(CC)c1Nc1cncc(C(=O)NCCOC)c1. The number of hydrogen-bond donors (Lipinski definition) is 2. The first-order valence-corrected chi connectivity index (χ1v) is 8.29. The Kier molecular flexibility index (Phi) is 6.75. The lowest BCUT2D eigenvalue weighted by atomic mass is 10.0. The Hall–Kier alpha value is -2.40. The number of nitrogens with zero attached hydrogens (tertiary/aromatic N) is 1. The Balaban J connectivity index is 2.20. The second-order valence-electron chi connectivity index (χ2n) is 5.49. The number of pyridine rings is 1. The third-order valence-corrected chi connectivity index (χ3v) is 3.86. The second-order valence-corrected chi connectivity index (χ2v) is 5.49. The zero-order valence-corrected chi connectivity index (χ0v) is 14.6. The van der Waals surface area contributed by atoms with Gasteiger partial charge >= 0.3 is 0 Å². The van der Waals surface area contributed by atoms with Gasteiger partial charge in [0.25, 0.3) is 5.91 Å². The summed E-state index contributed by atoms with van der Waals surface area (Å²) in [6.45, 7) is 5.24. The highest BCUT2D eigenvalue weighted by Gasteiger charge is 2.10. The van der Waals surface area contributed by atoms with Crippen molar-refractivity contribution in [3.8, 4) is 0 Å². The van der Waals surface area contributed by atoms with Crippen molar-refractivity contribution in [2.24, 2.45) is 0 Å². The number of benzene rings is 1. The van der Waals surface area contributed by atoms with Crippen LogP contribution in [0.5, 0.6) is 0 Å². The first kappa shape index (κ1) is 17.9. The van der Waals surface area contributed by atoms with E-state index in [4.69, 9.17) is 4.74 Å². The normalized spacial score (nSPS) is 10.5. The number of aryl methyl sites for hydroxylation is 2. The van der Waals surface area contributed by atoms with Crippen molar-refractivity contribution in [3.63, 3.8) is 0 Å². The Morgan fingerprint density at radius 1 is 1.17 bits per heavy atom. The molecule has 0 bridgehead atoms. The predicted molar refractivity (Wildman–Crippen MR) is 96.9 cm³/mol. The number of hydrogen-bond acceptors (Lipinski definition) is 4. The van der Waals surface area contributed by atoms with Gasteiger partial charge in [0.05, 0.1) is 24.1 Å². The monoisotopic (exact) mass is 327 g/mol. The molecule has 5 nitrogen and oxygen atoms in total. The van der Waals surface area contributed by atoms with E-state index < -0.39 is 0 Å². The van der Waals surface area contributed by atoms with Crippen LogP contribution in [0, 0.1) is 0 Å². The molecule has 24 heavy (non-hydrogen) atoms. The minimum Gasteiger partial charge on any atom is -0.383 e. The van der Waals surface area contributed by atoms with Gasteiger partial charge < -0.3 is 15.4 Å². The average molecular weight is 327 g/mol. The van der Waals surface area contributed by atoms with Gasteiger partial charge in [0.2, 0.25) is 0 Å². The van der Waals surface area contributed by atoms with Crippen LogP contribution in [0.2, 0.25) is 0 Å². The van der Waals surface area contributed by atoms with Gasteiger partial charge in [-0.1, -0.05) is 32.0 Å². The van der Waals surface area contributed by atoms with Gasteiger partial charge in [-0.05, 0) is 30.0 Å². The molecule has 1 heterocycles. The maximum Gasteiger partial charge on any atom is 0.253 e. The van der Waals surface area contributed by atoms with Crippen LogP contribution < -0.4 is 10.6 Å². The highest BCUT2D eigenvalue weighted by molar-refractivity contribution is 5.94. The van der Waals surface area contributed by atoms with E-state index in [0.29, 0.717) is 18.7 Å². The molecular weight excluding hydrogens is 302 g/mol. The van der Waals surface area contributed by atoms with Crippen LogP contribution in [0.25, 0.3) is 0 Å². The third kappa shape index (κ3) is 4.55. The van der Waals surface area contributed by atoms with Gasteiger partial charge in [-0.2, -0.15) is 0 Å². The molecule has 128 valence electrons. The molecule has 0 saturated carbocycles. The van der Waals surface area contributed by atoms with Crippen molar-refractivity contribution >= 4 is 17.3 Å². The van der Waals surface area contributed by atoms with Gasteiger partial charge in [0, 0.05) is 25.5 Å². The van der Waals surface area contributed by atoms with Crippen LogP contribution in [0.3, 0.4) is 0 Å². The smallest absolute Gasteiger partial charge is 0.253 e. The van der Waals surface area contributed by atoms with Gasteiger partial charge in [0.15, 0.2) is 0 Å². The van der Waals surface area contributed by atoms with Crippen LogP contribution in [-0.4, -0.2) is 31.2 Å². The maximum atomic E-state index is 12.1. The molecule has 1 amide bonds. The number of carbonyl (C=O) groups excluding carboxylic acids is 1. The van der Waals surface area contributed by atoms with E-state index in [1.807, 2.05) is 6.07 Å². The lowest BCUT2D eigenvalue weighted by Gasteiger charge is -2.15. The lowest BCUT2D eigenvalue weighted by molar-refractivity contribution is 0.0937. The molecule has 0 spiro atoms. The molecular formula is C19H25N3O2. The molecule has 0 aliphatic rings. The topological polar surface area (TPSA) is 63.2 Å². The number of amides is 1. The molecule has 2 N–H and O–H groups in total.